The van der Waals surface area contributed by atoms with Crippen molar-refractivity contribution in [2.45, 2.75) is 0 Å². The minimum Gasteiger partial charge on any atom is -0.482 e. The van der Waals surface area contributed by atoms with Gasteiger partial charge in [-0.2, -0.15) is 0 Å². The Bertz CT molecular complexity index is 910. The van der Waals surface area contributed by atoms with E-state index in [2.05, 4.69) is 14.9 Å². The third-order valence-corrected chi connectivity index (χ3v) is 4.58. The highest BCUT2D eigenvalue weighted by Crippen LogP contribution is 2.39. The van der Waals surface area contributed by atoms with Crippen molar-refractivity contribution in [3.8, 4) is 27.4 Å². The number of hydrogen-bond donors (Lipinski definition) is 1. The van der Waals surface area contributed by atoms with Crippen LogP contribution in [0.4, 0.5) is 5.69 Å². The van der Waals surface area contributed by atoms with Crippen LogP contribution >= 0.6 is 23.1 Å². The minimum absolute atomic E-state index is 0.0372. The van der Waals surface area contributed by atoms with Crippen LogP contribution in [0.1, 0.15) is 0 Å². The van der Waals surface area contributed by atoms with Crippen molar-refractivity contribution < 1.29 is 9.53 Å². The molecule has 0 fully saturated rings. The molecule has 0 unspecified atom stereocenters. The molecule has 0 aliphatic carbocycles. The standard InChI is InChI=1S/C16H10ClN3O2S/c17-11-4-2-1-3-10(11)16-15(19-20-23-16)9-5-6-13-12(7-9)18-14(21)8-22-13/h1-7H,8H2,(H,18,21). The van der Waals surface area contributed by atoms with Gasteiger partial charge in [-0.1, -0.05) is 34.3 Å². The summed E-state index contributed by atoms with van der Waals surface area (Å²) in [7, 11) is 0. The normalized spacial score (nSPS) is 13.2. The minimum atomic E-state index is -0.169. The SMILES string of the molecule is O=C1COc2ccc(-c3nnsc3-c3ccccc3Cl)cc2N1. The Morgan fingerprint density at radius 3 is 2.96 bits per heavy atom. The van der Waals surface area contributed by atoms with Crippen molar-refractivity contribution in [1.29, 1.82) is 0 Å². The molecule has 1 aliphatic rings. The van der Waals surface area contributed by atoms with Crippen LogP contribution in [0.2, 0.25) is 5.02 Å². The van der Waals surface area contributed by atoms with E-state index in [1.54, 1.807) is 0 Å². The maximum Gasteiger partial charge on any atom is 0.262 e. The Hall–Kier alpha value is -2.44. The molecule has 0 atom stereocenters. The van der Waals surface area contributed by atoms with Gasteiger partial charge in [-0.15, -0.1) is 5.10 Å². The summed E-state index contributed by atoms with van der Waals surface area (Å²) in [6, 6.07) is 13.1. The number of rotatable bonds is 2. The van der Waals surface area contributed by atoms with Crippen LogP contribution in [0.3, 0.4) is 0 Å². The fourth-order valence-corrected chi connectivity index (χ4v) is 3.44. The Morgan fingerprint density at radius 2 is 2.09 bits per heavy atom. The third kappa shape index (κ3) is 2.56. The Morgan fingerprint density at radius 1 is 1.22 bits per heavy atom. The van der Waals surface area contributed by atoms with Crippen LogP contribution in [-0.4, -0.2) is 22.1 Å². The number of nitrogens with one attached hydrogen (secondary N) is 1. The number of carbonyl (C=O) groups excluding carboxylic acids is 1. The van der Waals surface area contributed by atoms with Gasteiger partial charge in [0.2, 0.25) is 0 Å². The summed E-state index contributed by atoms with van der Waals surface area (Å²) in [6.07, 6.45) is 0. The molecular formula is C16H10ClN3O2S. The first-order valence-electron chi connectivity index (χ1n) is 6.87. The molecule has 5 nitrogen and oxygen atoms in total. The summed E-state index contributed by atoms with van der Waals surface area (Å²) in [5.74, 6) is 0.480. The van der Waals surface area contributed by atoms with Crippen LogP contribution in [0.5, 0.6) is 5.75 Å². The molecule has 2 heterocycles. The number of ether oxygens (including phenoxy) is 1. The lowest BCUT2D eigenvalue weighted by Crippen LogP contribution is -2.25. The zero-order chi connectivity index (χ0) is 15.8. The van der Waals surface area contributed by atoms with Gasteiger partial charge in [0, 0.05) is 16.1 Å². The van der Waals surface area contributed by atoms with Crippen molar-refractivity contribution >= 4 is 34.7 Å². The molecule has 1 amide bonds. The van der Waals surface area contributed by atoms with E-state index in [-0.39, 0.29) is 12.5 Å². The van der Waals surface area contributed by atoms with Gasteiger partial charge in [0.05, 0.1) is 10.6 Å². The molecule has 0 radical (unpaired) electrons. The average Bonchev–Trinajstić information content (AvgIpc) is 3.04. The van der Waals surface area contributed by atoms with Gasteiger partial charge < -0.3 is 10.1 Å². The van der Waals surface area contributed by atoms with Crippen molar-refractivity contribution in [1.82, 2.24) is 9.59 Å². The second kappa shape index (κ2) is 5.64. The van der Waals surface area contributed by atoms with Gasteiger partial charge >= 0.3 is 0 Å². The number of amides is 1. The number of carbonyl (C=O) groups is 1. The van der Waals surface area contributed by atoms with E-state index < -0.39 is 0 Å². The topological polar surface area (TPSA) is 64.1 Å². The second-order valence-corrected chi connectivity index (χ2v) is 6.14. The first-order valence-corrected chi connectivity index (χ1v) is 8.02. The Labute approximate surface area is 141 Å². The van der Waals surface area contributed by atoms with Crippen molar-refractivity contribution in [2.75, 3.05) is 11.9 Å². The number of hydrogen-bond acceptors (Lipinski definition) is 5. The molecule has 3 aromatic rings. The lowest BCUT2D eigenvalue weighted by molar-refractivity contribution is -0.118. The average molecular weight is 344 g/mol. The van der Waals surface area contributed by atoms with E-state index >= 15 is 0 Å². The summed E-state index contributed by atoms with van der Waals surface area (Å²) in [4.78, 5) is 12.4. The largest absolute Gasteiger partial charge is 0.482 e. The third-order valence-electron chi connectivity index (χ3n) is 3.49. The highest BCUT2D eigenvalue weighted by atomic mass is 35.5. The maximum atomic E-state index is 11.5. The van der Waals surface area contributed by atoms with E-state index in [0.717, 1.165) is 21.7 Å². The molecule has 4 rings (SSSR count). The van der Waals surface area contributed by atoms with Gasteiger partial charge in [-0.25, -0.2) is 0 Å². The summed E-state index contributed by atoms with van der Waals surface area (Å²) < 4.78 is 9.43. The van der Waals surface area contributed by atoms with Crippen molar-refractivity contribution in [2.24, 2.45) is 0 Å². The number of benzene rings is 2. The van der Waals surface area contributed by atoms with Gasteiger partial charge in [0.25, 0.3) is 5.91 Å². The van der Waals surface area contributed by atoms with Gasteiger partial charge in [-0.05, 0) is 35.8 Å². The fourth-order valence-electron chi connectivity index (χ4n) is 2.43. The molecule has 0 saturated heterocycles. The predicted octanol–water partition coefficient (Wildman–Crippen LogP) is 3.86. The quantitative estimate of drug-likeness (QED) is 0.767. The van der Waals surface area contributed by atoms with E-state index in [1.807, 2.05) is 42.5 Å². The summed E-state index contributed by atoms with van der Waals surface area (Å²) in [5.41, 5.74) is 3.10. The zero-order valence-corrected chi connectivity index (χ0v) is 13.3. The van der Waals surface area contributed by atoms with E-state index in [9.17, 15) is 4.79 Å². The van der Waals surface area contributed by atoms with Gasteiger partial charge in [0.15, 0.2) is 6.61 Å². The van der Waals surface area contributed by atoms with Crippen molar-refractivity contribution in [3.05, 3.63) is 47.5 Å². The zero-order valence-electron chi connectivity index (χ0n) is 11.7. The summed E-state index contributed by atoms with van der Waals surface area (Å²) in [5, 5.41) is 7.67. The molecule has 114 valence electrons. The molecule has 1 aliphatic heterocycles. The smallest absolute Gasteiger partial charge is 0.262 e. The van der Waals surface area contributed by atoms with E-state index in [4.69, 9.17) is 16.3 Å². The van der Waals surface area contributed by atoms with E-state index in [1.165, 1.54) is 11.5 Å². The molecule has 0 spiro atoms. The molecular weight excluding hydrogens is 334 g/mol. The molecule has 0 bridgehead atoms. The molecule has 0 saturated carbocycles. The first kappa shape index (κ1) is 14.2. The second-order valence-electron chi connectivity index (χ2n) is 4.98. The number of halogens is 1. The number of aromatic nitrogens is 2. The highest BCUT2D eigenvalue weighted by Gasteiger charge is 2.19. The number of nitrogens with zero attached hydrogens (tertiary/aromatic N) is 2. The summed E-state index contributed by atoms with van der Waals surface area (Å²) in [6.45, 7) is 0.0372. The fraction of sp³-hybridized carbons (Fsp3) is 0.0625. The highest BCUT2D eigenvalue weighted by molar-refractivity contribution is 7.10. The lowest BCUT2D eigenvalue weighted by atomic mass is 10.1. The van der Waals surface area contributed by atoms with Gasteiger partial charge in [0.1, 0.15) is 11.4 Å². The monoisotopic (exact) mass is 343 g/mol. The predicted molar refractivity (Wildman–Crippen MR) is 89.9 cm³/mol. The van der Waals surface area contributed by atoms with Crippen LogP contribution in [0.15, 0.2) is 42.5 Å². The lowest BCUT2D eigenvalue weighted by Gasteiger charge is -2.18. The number of anilines is 1. The number of fused-ring (bicyclic) bond motifs is 1. The molecule has 1 aromatic heterocycles. The molecule has 1 N–H and O–H groups in total. The van der Waals surface area contributed by atoms with E-state index in [0.29, 0.717) is 16.5 Å². The van der Waals surface area contributed by atoms with Crippen LogP contribution in [0, 0.1) is 0 Å². The Kier molecular flexibility index (Phi) is 3.48. The Balaban J connectivity index is 1.81. The van der Waals surface area contributed by atoms with Crippen LogP contribution in [-0.2, 0) is 4.79 Å². The maximum absolute atomic E-state index is 11.5. The van der Waals surface area contributed by atoms with Crippen LogP contribution in [0.25, 0.3) is 21.7 Å². The van der Waals surface area contributed by atoms with Crippen molar-refractivity contribution in [3.63, 3.8) is 0 Å². The molecule has 7 heteroatoms. The van der Waals surface area contributed by atoms with Crippen LogP contribution < -0.4 is 10.1 Å². The molecule has 23 heavy (non-hydrogen) atoms. The summed E-state index contributed by atoms with van der Waals surface area (Å²) >= 11 is 7.57. The molecule has 2 aromatic carbocycles. The van der Waals surface area contributed by atoms with Gasteiger partial charge in [-0.3, -0.25) is 4.79 Å². The first-order chi connectivity index (χ1) is 11.2.